The Morgan fingerprint density at radius 3 is 2.69 bits per heavy atom. The number of rotatable bonds is 6. The molecule has 1 atom stereocenters. The van der Waals surface area contributed by atoms with Gasteiger partial charge in [0.25, 0.3) is 0 Å². The Bertz CT molecular complexity index is 808. The molecule has 3 rings (SSSR count). The molecule has 8 heteroatoms. The van der Waals surface area contributed by atoms with Gasteiger partial charge < -0.3 is 10.2 Å². The quantitative estimate of drug-likeness (QED) is 0.781. The van der Waals surface area contributed by atoms with Crippen molar-refractivity contribution in [2.45, 2.75) is 59.3 Å². The summed E-state index contributed by atoms with van der Waals surface area (Å²) in [5.74, 6) is 1.84. The highest BCUT2D eigenvalue weighted by Gasteiger charge is 2.33. The van der Waals surface area contributed by atoms with Crippen LogP contribution in [0, 0.1) is 12.8 Å². The molecule has 0 aromatic carbocycles. The van der Waals surface area contributed by atoms with Crippen LogP contribution >= 0.6 is 0 Å². The number of aryl methyl sites for hydroxylation is 1. The van der Waals surface area contributed by atoms with Crippen molar-refractivity contribution < 1.29 is 14.4 Å². The van der Waals surface area contributed by atoms with E-state index in [0.717, 1.165) is 29.9 Å². The topological polar surface area (TPSA) is 95.5 Å². The molecule has 0 radical (unpaired) electrons. The van der Waals surface area contributed by atoms with E-state index >= 15 is 0 Å². The highest BCUT2D eigenvalue weighted by molar-refractivity contribution is 5.95. The SMILES string of the molecule is CC(=O)NCC(=O)N1CC[C@H](c2nc(C)c3c(n2)N(CCC(C)C)C(=O)CC3)C1. The maximum atomic E-state index is 12.6. The fraction of sp³-hybridized carbons (Fsp3) is 0.667. The van der Waals surface area contributed by atoms with Crippen LogP contribution in [0.15, 0.2) is 0 Å². The standard InChI is InChI=1S/C21H31N5O3/c1-13(2)7-10-26-18(28)6-5-17-14(3)23-20(24-21(17)26)16-8-9-25(12-16)19(29)11-22-15(4)27/h13,16H,5-12H2,1-4H3,(H,22,27)/t16-/m0/s1. The Kier molecular flexibility index (Phi) is 6.49. The molecule has 1 fully saturated rings. The Labute approximate surface area is 172 Å². The number of nitrogens with zero attached hydrogens (tertiary/aromatic N) is 4. The van der Waals surface area contributed by atoms with Crippen molar-refractivity contribution in [2.75, 3.05) is 31.1 Å². The van der Waals surface area contributed by atoms with Crippen LogP contribution in [0.25, 0.3) is 0 Å². The summed E-state index contributed by atoms with van der Waals surface area (Å²) in [5, 5.41) is 2.56. The van der Waals surface area contributed by atoms with E-state index in [2.05, 4.69) is 19.2 Å². The van der Waals surface area contributed by atoms with Crippen molar-refractivity contribution in [3.05, 3.63) is 17.1 Å². The van der Waals surface area contributed by atoms with Crippen LogP contribution in [0.5, 0.6) is 0 Å². The van der Waals surface area contributed by atoms with E-state index in [1.54, 1.807) is 4.90 Å². The average molecular weight is 402 g/mol. The van der Waals surface area contributed by atoms with Gasteiger partial charge in [-0.2, -0.15) is 0 Å². The van der Waals surface area contributed by atoms with Crippen LogP contribution in [0.3, 0.4) is 0 Å². The third-order valence-corrected chi connectivity index (χ3v) is 5.68. The summed E-state index contributed by atoms with van der Waals surface area (Å²) < 4.78 is 0. The second-order valence-electron chi connectivity index (χ2n) is 8.43. The van der Waals surface area contributed by atoms with Gasteiger partial charge in [-0.05, 0) is 32.1 Å². The second-order valence-corrected chi connectivity index (χ2v) is 8.43. The monoisotopic (exact) mass is 401 g/mol. The molecule has 0 spiro atoms. The third kappa shape index (κ3) is 4.92. The summed E-state index contributed by atoms with van der Waals surface area (Å²) in [6.45, 7) is 9.53. The molecular formula is C21H31N5O3. The van der Waals surface area contributed by atoms with Gasteiger partial charge in [-0.3, -0.25) is 19.3 Å². The lowest BCUT2D eigenvalue weighted by molar-refractivity contribution is -0.131. The van der Waals surface area contributed by atoms with E-state index in [1.165, 1.54) is 6.92 Å². The number of amides is 3. The molecule has 0 bridgehead atoms. The molecule has 2 aliphatic heterocycles. The van der Waals surface area contributed by atoms with Crippen molar-refractivity contribution in [2.24, 2.45) is 5.92 Å². The van der Waals surface area contributed by atoms with Gasteiger partial charge in [0.2, 0.25) is 17.7 Å². The summed E-state index contributed by atoms with van der Waals surface area (Å²) in [4.78, 5) is 49.0. The highest BCUT2D eigenvalue weighted by Crippen LogP contribution is 2.32. The molecule has 2 aliphatic rings. The molecule has 158 valence electrons. The number of carbonyl (C=O) groups excluding carboxylic acids is 3. The fourth-order valence-electron chi connectivity index (χ4n) is 3.91. The van der Waals surface area contributed by atoms with Gasteiger partial charge in [0.05, 0.1) is 6.54 Å². The van der Waals surface area contributed by atoms with Crippen LogP contribution in [0.2, 0.25) is 0 Å². The lowest BCUT2D eigenvalue weighted by Gasteiger charge is -2.30. The first-order valence-electron chi connectivity index (χ1n) is 10.5. The molecule has 0 aliphatic carbocycles. The summed E-state index contributed by atoms with van der Waals surface area (Å²) in [6, 6.07) is 0. The minimum atomic E-state index is -0.214. The van der Waals surface area contributed by atoms with Gasteiger partial charge in [-0.1, -0.05) is 13.8 Å². The highest BCUT2D eigenvalue weighted by atomic mass is 16.2. The zero-order valence-corrected chi connectivity index (χ0v) is 17.8. The van der Waals surface area contributed by atoms with Crippen LogP contribution < -0.4 is 10.2 Å². The molecule has 8 nitrogen and oxygen atoms in total. The first-order chi connectivity index (χ1) is 13.8. The van der Waals surface area contributed by atoms with Crippen molar-refractivity contribution in [1.29, 1.82) is 0 Å². The van der Waals surface area contributed by atoms with Gasteiger partial charge >= 0.3 is 0 Å². The predicted octanol–water partition coefficient (Wildman–Crippen LogP) is 1.56. The third-order valence-electron chi connectivity index (χ3n) is 5.68. The largest absolute Gasteiger partial charge is 0.347 e. The van der Waals surface area contributed by atoms with E-state index in [0.29, 0.717) is 44.2 Å². The van der Waals surface area contributed by atoms with Crippen LogP contribution in [0.1, 0.15) is 63.0 Å². The van der Waals surface area contributed by atoms with Crippen LogP contribution in [-0.4, -0.2) is 58.8 Å². The average Bonchev–Trinajstić information content (AvgIpc) is 3.15. The van der Waals surface area contributed by atoms with Gasteiger partial charge in [0.1, 0.15) is 11.6 Å². The lowest BCUT2D eigenvalue weighted by Crippen LogP contribution is -2.39. The summed E-state index contributed by atoms with van der Waals surface area (Å²) in [7, 11) is 0. The molecule has 29 heavy (non-hydrogen) atoms. The molecule has 3 amide bonds. The van der Waals surface area contributed by atoms with Crippen molar-refractivity contribution >= 4 is 23.5 Å². The molecule has 1 saturated heterocycles. The van der Waals surface area contributed by atoms with Gasteiger partial charge in [-0.15, -0.1) is 0 Å². The van der Waals surface area contributed by atoms with Gasteiger partial charge in [0, 0.05) is 50.2 Å². The zero-order chi connectivity index (χ0) is 21.1. The molecular weight excluding hydrogens is 370 g/mol. The van der Waals surface area contributed by atoms with Crippen LogP contribution in [-0.2, 0) is 20.8 Å². The number of carbonyl (C=O) groups is 3. The van der Waals surface area contributed by atoms with Crippen molar-refractivity contribution in [3.8, 4) is 0 Å². The summed E-state index contributed by atoms with van der Waals surface area (Å²) >= 11 is 0. The van der Waals surface area contributed by atoms with Crippen LogP contribution in [0.4, 0.5) is 5.82 Å². The summed E-state index contributed by atoms with van der Waals surface area (Å²) in [5.41, 5.74) is 1.99. The Morgan fingerprint density at radius 1 is 1.24 bits per heavy atom. The molecule has 0 saturated carbocycles. The molecule has 3 heterocycles. The number of hydrogen-bond donors (Lipinski definition) is 1. The van der Waals surface area contributed by atoms with Crippen molar-refractivity contribution in [1.82, 2.24) is 20.2 Å². The minimum absolute atomic E-state index is 0.0175. The zero-order valence-electron chi connectivity index (χ0n) is 17.8. The van der Waals surface area contributed by atoms with E-state index < -0.39 is 0 Å². The Morgan fingerprint density at radius 2 is 2.00 bits per heavy atom. The first kappa shape index (κ1) is 21.2. The van der Waals surface area contributed by atoms with E-state index in [4.69, 9.17) is 9.97 Å². The molecule has 1 aromatic rings. The molecule has 1 N–H and O–H groups in total. The van der Waals surface area contributed by atoms with E-state index in [1.807, 2.05) is 11.8 Å². The summed E-state index contributed by atoms with van der Waals surface area (Å²) in [6.07, 6.45) is 2.90. The number of anilines is 1. The number of aromatic nitrogens is 2. The normalized spacial score (nSPS) is 18.9. The second kappa shape index (κ2) is 8.88. The smallest absolute Gasteiger partial charge is 0.241 e. The molecule has 0 unspecified atom stereocenters. The number of likely N-dealkylation sites (tertiary alicyclic amines) is 1. The van der Waals surface area contributed by atoms with Gasteiger partial charge in [-0.25, -0.2) is 9.97 Å². The Hall–Kier alpha value is -2.51. The Balaban J connectivity index is 1.78. The maximum Gasteiger partial charge on any atom is 0.241 e. The van der Waals surface area contributed by atoms with E-state index in [9.17, 15) is 14.4 Å². The van der Waals surface area contributed by atoms with Crippen molar-refractivity contribution in [3.63, 3.8) is 0 Å². The number of nitrogens with one attached hydrogen (secondary N) is 1. The molecule has 1 aromatic heterocycles. The first-order valence-corrected chi connectivity index (χ1v) is 10.5. The fourth-order valence-corrected chi connectivity index (χ4v) is 3.91. The van der Waals surface area contributed by atoms with Gasteiger partial charge in [0.15, 0.2) is 0 Å². The number of fused-ring (bicyclic) bond motifs is 1. The minimum Gasteiger partial charge on any atom is -0.347 e. The lowest BCUT2D eigenvalue weighted by atomic mass is 10.0. The number of hydrogen-bond acceptors (Lipinski definition) is 5. The van der Waals surface area contributed by atoms with E-state index in [-0.39, 0.29) is 30.2 Å². The predicted molar refractivity (Wildman–Crippen MR) is 110 cm³/mol. The maximum absolute atomic E-state index is 12.6.